The average Bonchev–Trinajstić information content (AvgIpc) is 2.98. The van der Waals surface area contributed by atoms with Crippen LogP contribution >= 0.6 is 11.6 Å². The molecule has 2 heteroatoms. The first kappa shape index (κ1) is 11.4. The van der Waals surface area contributed by atoms with E-state index < -0.39 is 0 Å². The van der Waals surface area contributed by atoms with E-state index in [1.165, 1.54) is 25.7 Å². The van der Waals surface area contributed by atoms with Gasteiger partial charge in [0.05, 0.1) is 12.5 Å². The van der Waals surface area contributed by atoms with Crippen molar-refractivity contribution in [3.8, 4) is 5.75 Å². The van der Waals surface area contributed by atoms with E-state index in [1.54, 1.807) is 0 Å². The van der Waals surface area contributed by atoms with Crippen molar-refractivity contribution in [3.05, 3.63) is 29.8 Å². The molecule has 17 heavy (non-hydrogen) atoms. The van der Waals surface area contributed by atoms with Crippen molar-refractivity contribution in [1.29, 1.82) is 0 Å². The van der Waals surface area contributed by atoms with E-state index in [2.05, 4.69) is 0 Å². The molecule has 1 aromatic rings. The van der Waals surface area contributed by atoms with Crippen molar-refractivity contribution < 1.29 is 4.74 Å². The molecule has 1 nitrogen and oxygen atoms in total. The van der Waals surface area contributed by atoms with Crippen LogP contribution in [0.25, 0.3) is 0 Å². The Hall–Kier alpha value is -0.690. The maximum Gasteiger partial charge on any atom is 0.123 e. The predicted octanol–water partition coefficient (Wildman–Crippen LogP) is 4.24. The lowest BCUT2D eigenvalue weighted by molar-refractivity contribution is 0.194. The molecule has 0 amide bonds. The van der Waals surface area contributed by atoms with Gasteiger partial charge in [0.25, 0.3) is 0 Å². The van der Waals surface area contributed by atoms with Gasteiger partial charge in [-0.15, -0.1) is 11.6 Å². The summed E-state index contributed by atoms with van der Waals surface area (Å²) in [5.74, 6) is 4.23. The third kappa shape index (κ3) is 2.30. The van der Waals surface area contributed by atoms with Crippen molar-refractivity contribution >= 4 is 11.6 Å². The SMILES string of the molecule is ClCc1ccccc1OCC1CC2CCC1C2. The van der Waals surface area contributed by atoms with Gasteiger partial charge in [-0.2, -0.15) is 0 Å². The summed E-state index contributed by atoms with van der Waals surface area (Å²) in [6.45, 7) is 0.884. The molecular formula is C15H19ClO. The Morgan fingerprint density at radius 3 is 2.76 bits per heavy atom. The Morgan fingerprint density at radius 1 is 1.18 bits per heavy atom. The summed E-state index contributed by atoms with van der Waals surface area (Å²) < 4.78 is 5.98. The summed E-state index contributed by atoms with van der Waals surface area (Å²) in [5, 5.41) is 0. The molecule has 2 bridgehead atoms. The van der Waals surface area contributed by atoms with Gasteiger partial charge in [-0.1, -0.05) is 24.6 Å². The summed E-state index contributed by atoms with van der Waals surface area (Å²) in [6.07, 6.45) is 5.72. The zero-order valence-electron chi connectivity index (χ0n) is 10.1. The molecule has 3 rings (SSSR count). The van der Waals surface area contributed by atoms with E-state index in [0.29, 0.717) is 5.88 Å². The van der Waals surface area contributed by atoms with Crippen LogP contribution in [0.15, 0.2) is 24.3 Å². The van der Waals surface area contributed by atoms with Crippen LogP contribution in [-0.2, 0) is 5.88 Å². The van der Waals surface area contributed by atoms with Gasteiger partial charge < -0.3 is 4.74 Å². The number of benzene rings is 1. The minimum absolute atomic E-state index is 0.535. The minimum Gasteiger partial charge on any atom is -0.493 e. The highest BCUT2D eigenvalue weighted by molar-refractivity contribution is 6.17. The van der Waals surface area contributed by atoms with Crippen LogP contribution in [0.1, 0.15) is 31.2 Å². The summed E-state index contributed by atoms with van der Waals surface area (Å²) in [7, 11) is 0. The predicted molar refractivity (Wildman–Crippen MR) is 70.4 cm³/mol. The average molecular weight is 251 g/mol. The van der Waals surface area contributed by atoms with Crippen molar-refractivity contribution in [3.63, 3.8) is 0 Å². The second-order valence-corrected chi connectivity index (χ2v) is 5.75. The summed E-state index contributed by atoms with van der Waals surface area (Å²) in [5.41, 5.74) is 1.11. The van der Waals surface area contributed by atoms with Crippen molar-refractivity contribution in [2.75, 3.05) is 6.61 Å². The molecule has 0 aromatic heterocycles. The molecule has 2 saturated carbocycles. The van der Waals surface area contributed by atoms with Crippen LogP contribution in [0.5, 0.6) is 5.75 Å². The molecule has 92 valence electrons. The summed E-state index contributed by atoms with van der Waals surface area (Å²) in [4.78, 5) is 0. The van der Waals surface area contributed by atoms with Crippen LogP contribution < -0.4 is 4.74 Å². The van der Waals surface area contributed by atoms with Gasteiger partial charge in [0.2, 0.25) is 0 Å². The topological polar surface area (TPSA) is 9.23 Å². The monoisotopic (exact) mass is 250 g/mol. The Bertz CT molecular complexity index is 390. The number of rotatable bonds is 4. The highest BCUT2D eigenvalue weighted by atomic mass is 35.5. The van der Waals surface area contributed by atoms with Crippen LogP contribution in [0, 0.1) is 17.8 Å². The van der Waals surface area contributed by atoms with Gasteiger partial charge in [0.1, 0.15) is 5.75 Å². The molecule has 2 fully saturated rings. The first-order valence-electron chi connectivity index (χ1n) is 6.63. The summed E-state index contributed by atoms with van der Waals surface area (Å²) >= 11 is 5.91. The Kier molecular flexibility index (Phi) is 3.28. The Balaban J connectivity index is 1.60. The normalized spacial score (nSPS) is 30.8. The largest absolute Gasteiger partial charge is 0.493 e. The molecular weight excluding hydrogens is 232 g/mol. The molecule has 0 aliphatic heterocycles. The lowest BCUT2D eigenvalue weighted by Gasteiger charge is -2.22. The van der Waals surface area contributed by atoms with Gasteiger partial charge in [-0.05, 0) is 43.1 Å². The third-order valence-electron chi connectivity index (χ3n) is 4.45. The van der Waals surface area contributed by atoms with Crippen LogP contribution in [0.3, 0.4) is 0 Å². The van der Waals surface area contributed by atoms with Crippen LogP contribution in [0.2, 0.25) is 0 Å². The van der Waals surface area contributed by atoms with E-state index >= 15 is 0 Å². The van der Waals surface area contributed by atoms with Crippen molar-refractivity contribution in [2.45, 2.75) is 31.6 Å². The van der Waals surface area contributed by atoms with Gasteiger partial charge in [0, 0.05) is 5.56 Å². The molecule has 0 spiro atoms. The Labute approximate surface area is 108 Å². The number of hydrogen-bond donors (Lipinski definition) is 0. The second kappa shape index (κ2) is 4.89. The molecule has 0 N–H and O–H groups in total. The second-order valence-electron chi connectivity index (χ2n) is 5.49. The zero-order chi connectivity index (χ0) is 11.7. The van der Waals surface area contributed by atoms with Gasteiger partial charge in [-0.25, -0.2) is 0 Å². The number of hydrogen-bond acceptors (Lipinski definition) is 1. The molecule has 2 aliphatic rings. The molecule has 3 atom stereocenters. The van der Waals surface area contributed by atoms with Crippen molar-refractivity contribution in [2.24, 2.45) is 17.8 Å². The van der Waals surface area contributed by atoms with E-state index in [-0.39, 0.29) is 0 Å². The fourth-order valence-electron chi connectivity index (χ4n) is 3.53. The lowest BCUT2D eigenvalue weighted by atomic mass is 9.89. The number of para-hydroxylation sites is 1. The fourth-order valence-corrected chi connectivity index (χ4v) is 3.75. The highest BCUT2D eigenvalue weighted by Crippen LogP contribution is 2.48. The quantitative estimate of drug-likeness (QED) is 0.727. The number of alkyl halides is 1. The van der Waals surface area contributed by atoms with E-state index in [0.717, 1.165) is 35.7 Å². The number of halogens is 1. The maximum atomic E-state index is 5.98. The van der Waals surface area contributed by atoms with E-state index in [4.69, 9.17) is 16.3 Å². The zero-order valence-corrected chi connectivity index (χ0v) is 10.8. The summed E-state index contributed by atoms with van der Waals surface area (Å²) in [6, 6.07) is 8.11. The Morgan fingerprint density at radius 2 is 2.06 bits per heavy atom. The van der Waals surface area contributed by atoms with Gasteiger partial charge in [-0.3, -0.25) is 0 Å². The maximum absolute atomic E-state index is 5.98. The smallest absolute Gasteiger partial charge is 0.123 e. The molecule has 0 saturated heterocycles. The highest BCUT2D eigenvalue weighted by Gasteiger charge is 2.39. The molecule has 0 heterocycles. The molecule has 1 aromatic carbocycles. The van der Waals surface area contributed by atoms with Crippen LogP contribution in [-0.4, -0.2) is 6.61 Å². The fraction of sp³-hybridized carbons (Fsp3) is 0.600. The van der Waals surface area contributed by atoms with E-state index in [1.807, 2.05) is 24.3 Å². The minimum atomic E-state index is 0.535. The number of ether oxygens (including phenoxy) is 1. The molecule has 3 unspecified atom stereocenters. The standard InChI is InChI=1S/C15H19ClO/c16-9-13-3-1-2-4-15(13)17-10-14-8-11-5-6-12(14)7-11/h1-4,11-12,14H,5-10H2. The van der Waals surface area contributed by atoms with Crippen molar-refractivity contribution in [1.82, 2.24) is 0 Å². The number of fused-ring (bicyclic) bond motifs is 2. The molecule has 2 aliphatic carbocycles. The van der Waals surface area contributed by atoms with E-state index in [9.17, 15) is 0 Å². The van der Waals surface area contributed by atoms with Gasteiger partial charge >= 0.3 is 0 Å². The van der Waals surface area contributed by atoms with Crippen LogP contribution in [0.4, 0.5) is 0 Å². The first-order valence-corrected chi connectivity index (χ1v) is 7.17. The van der Waals surface area contributed by atoms with Gasteiger partial charge in [0.15, 0.2) is 0 Å². The molecule has 0 radical (unpaired) electrons. The first-order chi connectivity index (χ1) is 8.36. The lowest BCUT2D eigenvalue weighted by Crippen LogP contribution is -2.18. The third-order valence-corrected chi connectivity index (χ3v) is 4.74.